The van der Waals surface area contributed by atoms with Crippen molar-refractivity contribution in [1.29, 1.82) is 0 Å². The Morgan fingerprint density at radius 3 is 1.48 bits per heavy atom. The molecule has 0 amide bonds. The van der Waals surface area contributed by atoms with Crippen molar-refractivity contribution in [2.75, 3.05) is 9.80 Å². The van der Waals surface area contributed by atoms with Crippen LogP contribution in [0, 0.1) is 0 Å². The second kappa shape index (κ2) is 12.9. The zero-order valence-electron chi connectivity index (χ0n) is 27.7. The van der Waals surface area contributed by atoms with Gasteiger partial charge in [-0.05, 0) is 106 Å². The highest BCUT2D eigenvalue weighted by atomic mass is 15.2. The van der Waals surface area contributed by atoms with Crippen molar-refractivity contribution < 1.29 is 0 Å². The van der Waals surface area contributed by atoms with Crippen LogP contribution in [0.15, 0.2) is 206 Å². The summed E-state index contributed by atoms with van der Waals surface area (Å²) in [4.78, 5) is 4.75. The van der Waals surface area contributed by atoms with Crippen LogP contribution in [0.2, 0.25) is 0 Å². The van der Waals surface area contributed by atoms with Crippen LogP contribution in [0.5, 0.6) is 0 Å². The van der Waals surface area contributed by atoms with Gasteiger partial charge in [0.25, 0.3) is 0 Å². The Morgan fingerprint density at radius 1 is 0.400 bits per heavy atom. The van der Waals surface area contributed by atoms with E-state index in [1.807, 2.05) is 0 Å². The SMILES string of the molecule is C1=C(c2ccc(-c3ccc(N(c4ccccc4)c4ccc(-c5ccccc5)cc4)cc3)cc2)CC2C(=C1)N(c1ccccc1)c1ccccc12. The summed E-state index contributed by atoms with van der Waals surface area (Å²) in [7, 11) is 0. The number of allylic oxidation sites excluding steroid dienone is 4. The molecule has 1 heterocycles. The first kappa shape index (κ1) is 29.7. The fourth-order valence-electron chi connectivity index (χ4n) is 7.54. The maximum Gasteiger partial charge on any atom is 0.0497 e. The van der Waals surface area contributed by atoms with Gasteiger partial charge in [-0.2, -0.15) is 0 Å². The van der Waals surface area contributed by atoms with Crippen LogP contribution in [0.25, 0.3) is 27.8 Å². The van der Waals surface area contributed by atoms with Crippen molar-refractivity contribution in [3.63, 3.8) is 0 Å². The van der Waals surface area contributed by atoms with E-state index >= 15 is 0 Å². The predicted octanol–water partition coefficient (Wildman–Crippen LogP) is 13.1. The van der Waals surface area contributed by atoms with Crippen molar-refractivity contribution in [3.05, 3.63) is 217 Å². The Hall–Kier alpha value is -6.38. The summed E-state index contributed by atoms with van der Waals surface area (Å²) in [5.41, 5.74) is 16.2. The number of rotatable bonds is 7. The Labute approximate surface area is 294 Å². The molecule has 7 aromatic rings. The fourth-order valence-corrected chi connectivity index (χ4v) is 7.54. The lowest BCUT2D eigenvalue weighted by molar-refractivity contribution is 0.832. The molecule has 0 saturated heterocycles. The van der Waals surface area contributed by atoms with Crippen molar-refractivity contribution in [3.8, 4) is 22.3 Å². The van der Waals surface area contributed by atoms with Crippen molar-refractivity contribution in [2.45, 2.75) is 12.3 Å². The number of anilines is 5. The van der Waals surface area contributed by atoms with Crippen molar-refractivity contribution >= 4 is 34.0 Å². The monoisotopic (exact) mass is 640 g/mol. The summed E-state index contributed by atoms with van der Waals surface area (Å²) in [6, 6.07) is 67.6. The summed E-state index contributed by atoms with van der Waals surface area (Å²) < 4.78 is 0. The molecule has 1 aliphatic heterocycles. The molecule has 7 aromatic carbocycles. The number of hydrogen-bond acceptors (Lipinski definition) is 2. The lowest BCUT2D eigenvalue weighted by atomic mass is 9.84. The Morgan fingerprint density at radius 2 is 0.860 bits per heavy atom. The van der Waals surface area contributed by atoms with Gasteiger partial charge in [-0.3, -0.25) is 0 Å². The molecule has 50 heavy (non-hydrogen) atoms. The molecule has 2 aliphatic rings. The molecule has 238 valence electrons. The molecule has 2 heteroatoms. The van der Waals surface area contributed by atoms with E-state index in [4.69, 9.17) is 0 Å². The first-order chi connectivity index (χ1) is 24.8. The quantitative estimate of drug-likeness (QED) is 0.171. The zero-order valence-corrected chi connectivity index (χ0v) is 27.7. The number of hydrogen-bond donors (Lipinski definition) is 0. The van der Waals surface area contributed by atoms with Crippen molar-refractivity contribution in [2.24, 2.45) is 0 Å². The van der Waals surface area contributed by atoms with Gasteiger partial charge in [-0.15, -0.1) is 0 Å². The lowest BCUT2D eigenvalue weighted by Gasteiger charge is -2.26. The standard InChI is InChI=1S/C48H36N2/c1-4-12-35(13-5-1)37-24-29-43(30-25-37)49(41-14-6-2-7-15-41)44-31-26-38(27-32-44)36-20-22-39(23-21-36)40-28-33-48-46(34-40)45-18-10-11-19-47(45)50(48)42-16-8-3-9-17-42/h1-33,46H,34H2. The number of para-hydroxylation sites is 3. The normalized spacial score (nSPS) is 14.7. The third-order valence-corrected chi connectivity index (χ3v) is 10.0. The van der Waals surface area contributed by atoms with Gasteiger partial charge in [0.1, 0.15) is 0 Å². The summed E-state index contributed by atoms with van der Waals surface area (Å²) in [6.07, 6.45) is 5.64. The van der Waals surface area contributed by atoms with Gasteiger partial charge >= 0.3 is 0 Å². The summed E-state index contributed by atoms with van der Waals surface area (Å²) in [5, 5.41) is 0. The van der Waals surface area contributed by atoms with Crippen LogP contribution in [0.3, 0.4) is 0 Å². The zero-order chi connectivity index (χ0) is 33.3. The molecule has 0 fully saturated rings. The highest BCUT2D eigenvalue weighted by molar-refractivity contribution is 5.84. The van der Waals surface area contributed by atoms with Crippen LogP contribution in [0.4, 0.5) is 28.4 Å². The summed E-state index contributed by atoms with van der Waals surface area (Å²) >= 11 is 0. The van der Waals surface area contributed by atoms with E-state index < -0.39 is 0 Å². The second-order valence-corrected chi connectivity index (χ2v) is 13.0. The Bertz CT molecular complexity index is 2300. The van der Waals surface area contributed by atoms with E-state index in [0.29, 0.717) is 5.92 Å². The van der Waals surface area contributed by atoms with E-state index in [1.165, 1.54) is 56.0 Å². The average molecular weight is 641 g/mol. The van der Waals surface area contributed by atoms with Gasteiger partial charge in [0.2, 0.25) is 0 Å². The molecule has 0 spiro atoms. The van der Waals surface area contributed by atoms with Crippen LogP contribution < -0.4 is 9.80 Å². The van der Waals surface area contributed by atoms with Gasteiger partial charge in [0.15, 0.2) is 0 Å². The minimum absolute atomic E-state index is 0.348. The highest BCUT2D eigenvalue weighted by Crippen LogP contribution is 2.52. The Kier molecular flexibility index (Phi) is 7.68. The van der Waals surface area contributed by atoms with E-state index in [-0.39, 0.29) is 0 Å². The largest absolute Gasteiger partial charge is 0.313 e. The van der Waals surface area contributed by atoms with Crippen LogP contribution >= 0.6 is 0 Å². The van der Waals surface area contributed by atoms with Gasteiger partial charge in [-0.1, -0.05) is 140 Å². The molecule has 0 N–H and O–H groups in total. The summed E-state index contributed by atoms with van der Waals surface area (Å²) in [5.74, 6) is 0.348. The third kappa shape index (κ3) is 5.51. The number of fused-ring (bicyclic) bond motifs is 3. The maximum absolute atomic E-state index is 2.43. The van der Waals surface area contributed by atoms with Gasteiger partial charge < -0.3 is 9.80 Å². The molecule has 2 nitrogen and oxygen atoms in total. The van der Waals surface area contributed by atoms with E-state index in [9.17, 15) is 0 Å². The molecular weight excluding hydrogens is 605 g/mol. The molecule has 1 atom stereocenters. The predicted molar refractivity (Wildman–Crippen MR) is 210 cm³/mol. The minimum atomic E-state index is 0.348. The van der Waals surface area contributed by atoms with Crippen molar-refractivity contribution in [1.82, 2.24) is 0 Å². The highest BCUT2D eigenvalue weighted by Gasteiger charge is 2.36. The first-order valence-corrected chi connectivity index (χ1v) is 17.4. The maximum atomic E-state index is 2.43. The Balaban J connectivity index is 0.974. The average Bonchev–Trinajstić information content (AvgIpc) is 3.53. The first-order valence-electron chi connectivity index (χ1n) is 17.4. The fraction of sp³-hybridized carbons (Fsp3) is 0.0417. The van der Waals surface area contributed by atoms with Gasteiger partial charge in [0.05, 0.1) is 0 Å². The molecule has 1 unspecified atom stereocenters. The van der Waals surface area contributed by atoms with Gasteiger partial charge in [-0.25, -0.2) is 0 Å². The third-order valence-electron chi connectivity index (χ3n) is 10.0. The molecule has 0 aromatic heterocycles. The summed E-state index contributed by atoms with van der Waals surface area (Å²) in [6.45, 7) is 0. The molecule has 1 aliphatic carbocycles. The number of nitrogens with zero attached hydrogens (tertiary/aromatic N) is 2. The molecule has 9 rings (SSSR count). The van der Waals surface area contributed by atoms with E-state index in [1.54, 1.807) is 0 Å². The van der Waals surface area contributed by atoms with Crippen LogP contribution in [-0.2, 0) is 0 Å². The van der Waals surface area contributed by atoms with Crippen LogP contribution in [0.1, 0.15) is 23.5 Å². The van der Waals surface area contributed by atoms with Gasteiger partial charge in [0, 0.05) is 40.1 Å². The molecule has 0 saturated carbocycles. The smallest absolute Gasteiger partial charge is 0.0497 e. The molecular formula is C48H36N2. The topological polar surface area (TPSA) is 6.48 Å². The van der Waals surface area contributed by atoms with E-state index in [2.05, 4.69) is 210 Å². The lowest BCUT2D eigenvalue weighted by Crippen LogP contribution is -2.15. The van der Waals surface area contributed by atoms with E-state index in [0.717, 1.165) is 23.5 Å². The number of benzene rings is 7. The molecule has 0 radical (unpaired) electrons. The molecule has 0 bridgehead atoms. The second-order valence-electron chi connectivity index (χ2n) is 13.0. The minimum Gasteiger partial charge on any atom is -0.313 e. The van der Waals surface area contributed by atoms with Crippen LogP contribution in [-0.4, -0.2) is 0 Å².